The molecule has 0 radical (unpaired) electrons. The summed E-state index contributed by atoms with van der Waals surface area (Å²) in [5.41, 5.74) is 0.999. The van der Waals surface area contributed by atoms with Crippen LogP contribution in [0.5, 0.6) is 0 Å². The second kappa shape index (κ2) is 3.98. The van der Waals surface area contributed by atoms with Crippen LogP contribution in [0.2, 0.25) is 0 Å². The largest absolute Gasteiger partial charge is 0.479 e. The fourth-order valence-electron chi connectivity index (χ4n) is 1.50. The zero-order valence-corrected chi connectivity index (χ0v) is 8.82. The van der Waals surface area contributed by atoms with E-state index >= 15 is 0 Å². The van der Waals surface area contributed by atoms with Crippen molar-refractivity contribution in [2.45, 2.75) is 11.7 Å². The van der Waals surface area contributed by atoms with E-state index in [1.807, 2.05) is 0 Å². The van der Waals surface area contributed by atoms with Gasteiger partial charge in [-0.1, -0.05) is 6.07 Å². The van der Waals surface area contributed by atoms with Crippen molar-refractivity contribution < 1.29 is 23.1 Å². The molecule has 18 heavy (non-hydrogen) atoms. The number of carboxylic acid groups (broad SMARTS) is 1. The molecule has 0 saturated heterocycles. The van der Waals surface area contributed by atoms with Gasteiger partial charge in [0.15, 0.2) is 0 Å². The van der Waals surface area contributed by atoms with Crippen molar-refractivity contribution in [3.05, 3.63) is 36.2 Å². The molecule has 2 rings (SSSR count). The summed E-state index contributed by atoms with van der Waals surface area (Å²) in [5, 5.41) is 8.78. The fraction of sp³-hybridized carbons (Fsp3) is 0.200. The molecule has 1 unspecified atom stereocenters. The topological polar surface area (TPSA) is 74.2 Å². The number of alkyl halides is 3. The first-order chi connectivity index (χ1) is 8.37. The predicted octanol–water partition coefficient (Wildman–Crippen LogP) is 0.916. The van der Waals surface area contributed by atoms with E-state index < -0.39 is 17.7 Å². The van der Waals surface area contributed by atoms with Crippen LogP contribution < -0.4 is 10.9 Å². The monoisotopic (exact) mass is 259 g/mol. The maximum absolute atomic E-state index is 12.8. The molecule has 1 aliphatic rings. The van der Waals surface area contributed by atoms with Crippen molar-refractivity contribution in [1.82, 2.24) is 15.8 Å². The molecule has 1 aliphatic heterocycles. The summed E-state index contributed by atoms with van der Waals surface area (Å²) in [5.74, 6) is -2.03. The van der Waals surface area contributed by atoms with E-state index in [2.05, 4.69) is 10.4 Å². The van der Waals surface area contributed by atoms with E-state index in [1.165, 1.54) is 12.3 Å². The van der Waals surface area contributed by atoms with Gasteiger partial charge in [0.1, 0.15) is 0 Å². The first-order valence-electron chi connectivity index (χ1n) is 4.84. The van der Waals surface area contributed by atoms with Gasteiger partial charge >= 0.3 is 12.1 Å². The van der Waals surface area contributed by atoms with E-state index in [0.29, 0.717) is 6.08 Å². The standard InChI is InChI=1S/C10H8F3N3O2/c11-10(12,13)9(8(17)18)5-7(15-16-9)6-3-1-2-4-14-6/h1-5,15-16H,(H,17,18). The summed E-state index contributed by atoms with van der Waals surface area (Å²) in [4.78, 5) is 14.7. The molecule has 1 atom stereocenters. The molecule has 3 N–H and O–H groups in total. The Balaban J connectivity index is 2.44. The highest BCUT2D eigenvalue weighted by atomic mass is 19.4. The minimum absolute atomic E-state index is 0.0321. The van der Waals surface area contributed by atoms with Crippen LogP contribution in [0.1, 0.15) is 5.69 Å². The summed E-state index contributed by atoms with van der Waals surface area (Å²) in [6, 6.07) is 4.65. The molecule has 0 spiro atoms. The normalized spacial score (nSPS) is 23.4. The van der Waals surface area contributed by atoms with Crippen molar-refractivity contribution in [2.75, 3.05) is 0 Å². The molecule has 0 amide bonds. The quantitative estimate of drug-likeness (QED) is 0.736. The lowest BCUT2D eigenvalue weighted by Gasteiger charge is -2.24. The molecule has 0 aliphatic carbocycles. The van der Waals surface area contributed by atoms with Crippen molar-refractivity contribution in [3.8, 4) is 0 Å². The molecule has 1 aromatic rings. The SMILES string of the molecule is O=C(O)C1(C(F)(F)F)C=C(c2ccccn2)NN1. The summed E-state index contributed by atoms with van der Waals surface area (Å²) >= 11 is 0. The molecule has 96 valence electrons. The van der Waals surface area contributed by atoms with Crippen LogP contribution in [0.3, 0.4) is 0 Å². The van der Waals surface area contributed by atoms with Gasteiger partial charge in [-0.15, -0.1) is 0 Å². The number of halogens is 3. The van der Waals surface area contributed by atoms with Gasteiger partial charge in [-0.3, -0.25) is 4.98 Å². The zero-order valence-electron chi connectivity index (χ0n) is 8.82. The maximum atomic E-state index is 12.8. The number of hydrogen-bond acceptors (Lipinski definition) is 4. The van der Waals surface area contributed by atoms with Crippen LogP contribution in [0.15, 0.2) is 30.5 Å². The summed E-state index contributed by atoms with van der Waals surface area (Å²) in [6.45, 7) is 0. The van der Waals surface area contributed by atoms with E-state index in [9.17, 15) is 18.0 Å². The second-order valence-corrected chi connectivity index (χ2v) is 3.63. The third-order valence-electron chi connectivity index (χ3n) is 2.48. The van der Waals surface area contributed by atoms with Crippen LogP contribution in [-0.4, -0.2) is 27.8 Å². The van der Waals surface area contributed by atoms with Crippen molar-refractivity contribution >= 4 is 11.7 Å². The average molecular weight is 259 g/mol. The lowest BCUT2D eigenvalue weighted by atomic mass is 9.99. The van der Waals surface area contributed by atoms with Gasteiger partial charge in [-0.2, -0.15) is 13.2 Å². The van der Waals surface area contributed by atoms with Crippen molar-refractivity contribution in [2.24, 2.45) is 0 Å². The second-order valence-electron chi connectivity index (χ2n) is 3.63. The predicted molar refractivity (Wildman–Crippen MR) is 54.9 cm³/mol. The molecule has 5 nitrogen and oxygen atoms in total. The smallest absolute Gasteiger partial charge is 0.422 e. The number of carbonyl (C=O) groups is 1. The zero-order chi connectivity index (χ0) is 13.4. The summed E-state index contributed by atoms with van der Waals surface area (Å²) < 4.78 is 38.4. The number of aliphatic carboxylic acids is 1. The van der Waals surface area contributed by atoms with Gasteiger partial charge in [0.2, 0.25) is 0 Å². The molecule has 1 aromatic heterocycles. The van der Waals surface area contributed by atoms with Gasteiger partial charge in [0.05, 0.1) is 11.4 Å². The Bertz CT molecular complexity index is 501. The third kappa shape index (κ3) is 1.80. The highest BCUT2D eigenvalue weighted by molar-refractivity contribution is 5.87. The first-order valence-corrected chi connectivity index (χ1v) is 4.84. The molecule has 0 fully saturated rings. The molecule has 0 bridgehead atoms. The number of aromatic nitrogens is 1. The number of nitrogens with one attached hydrogen (secondary N) is 2. The Morgan fingerprint density at radius 1 is 1.39 bits per heavy atom. The van der Waals surface area contributed by atoms with Crippen molar-refractivity contribution in [3.63, 3.8) is 0 Å². The highest BCUT2D eigenvalue weighted by Crippen LogP contribution is 2.36. The number of pyridine rings is 1. The minimum Gasteiger partial charge on any atom is -0.479 e. The Labute approximate surface area is 99.3 Å². The maximum Gasteiger partial charge on any atom is 0.422 e. The van der Waals surface area contributed by atoms with Crippen LogP contribution in [0.25, 0.3) is 5.70 Å². The van der Waals surface area contributed by atoms with Gasteiger partial charge in [0, 0.05) is 6.20 Å². The number of rotatable bonds is 2. The Morgan fingerprint density at radius 2 is 2.11 bits per heavy atom. The fourth-order valence-corrected chi connectivity index (χ4v) is 1.50. The van der Waals surface area contributed by atoms with E-state index in [4.69, 9.17) is 5.11 Å². The van der Waals surface area contributed by atoms with E-state index in [0.717, 1.165) is 0 Å². The minimum atomic E-state index is -4.97. The highest BCUT2D eigenvalue weighted by Gasteiger charge is 2.62. The molecular formula is C10H8F3N3O2. The third-order valence-corrected chi connectivity index (χ3v) is 2.48. The van der Waals surface area contributed by atoms with E-state index in [1.54, 1.807) is 17.6 Å². The number of hydrogen-bond donors (Lipinski definition) is 3. The van der Waals surface area contributed by atoms with Gasteiger partial charge in [-0.25, -0.2) is 10.2 Å². The lowest BCUT2D eigenvalue weighted by Crippen LogP contribution is -2.61. The Kier molecular flexibility index (Phi) is 2.74. The number of carboxylic acids is 1. The number of nitrogens with zero attached hydrogens (tertiary/aromatic N) is 1. The van der Waals surface area contributed by atoms with Gasteiger partial charge in [0.25, 0.3) is 5.54 Å². The van der Waals surface area contributed by atoms with Crippen LogP contribution in [0.4, 0.5) is 13.2 Å². The first kappa shape index (κ1) is 12.4. The van der Waals surface area contributed by atoms with Crippen LogP contribution in [0, 0.1) is 0 Å². The van der Waals surface area contributed by atoms with E-state index in [-0.39, 0.29) is 11.4 Å². The molecule has 2 heterocycles. The van der Waals surface area contributed by atoms with Gasteiger partial charge < -0.3 is 10.5 Å². The lowest BCUT2D eigenvalue weighted by molar-refractivity contribution is -0.198. The molecule has 0 aromatic carbocycles. The average Bonchev–Trinajstić information content (AvgIpc) is 2.75. The van der Waals surface area contributed by atoms with Crippen molar-refractivity contribution in [1.29, 1.82) is 0 Å². The molecular weight excluding hydrogens is 251 g/mol. The van der Waals surface area contributed by atoms with Gasteiger partial charge in [-0.05, 0) is 18.2 Å². The van der Waals surface area contributed by atoms with Crippen LogP contribution in [-0.2, 0) is 4.79 Å². The molecule has 8 heteroatoms. The van der Waals surface area contributed by atoms with Crippen LogP contribution >= 0.6 is 0 Å². The summed E-state index contributed by atoms with van der Waals surface area (Å²) in [7, 11) is 0. The molecule has 0 saturated carbocycles. The Morgan fingerprint density at radius 3 is 2.56 bits per heavy atom. The summed E-state index contributed by atoms with van der Waals surface area (Å²) in [6.07, 6.45) is -3.01. The number of hydrazine groups is 1. The Hall–Kier alpha value is -2.09.